The average Bonchev–Trinajstić information content (AvgIpc) is 2.26. The van der Waals surface area contributed by atoms with E-state index in [1.807, 2.05) is 24.3 Å². The van der Waals surface area contributed by atoms with E-state index in [1.165, 1.54) is 0 Å². The molecule has 74 valence electrons. The highest BCUT2D eigenvalue weighted by molar-refractivity contribution is 5.30. The van der Waals surface area contributed by atoms with Gasteiger partial charge >= 0.3 is 0 Å². The summed E-state index contributed by atoms with van der Waals surface area (Å²) in [6.45, 7) is 1.76. The van der Waals surface area contributed by atoms with Crippen LogP contribution < -0.4 is 4.74 Å². The number of hydrogen-bond acceptors (Lipinski definition) is 2. The molecule has 0 aromatic heterocycles. The lowest BCUT2D eigenvalue weighted by atomic mass is 10.1. The Morgan fingerprint density at radius 3 is 2.93 bits per heavy atom. The Balaban J connectivity index is 2.76. The normalized spacial score (nSPS) is 11.4. The molecule has 2 heteroatoms. The largest absolute Gasteiger partial charge is 0.497 e. The fourth-order valence-corrected chi connectivity index (χ4v) is 1.17. The summed E-state index contributed by atoms with van der Waals surface area (Å²) in [6, 6.07) is 7.39. The maximum absolute atomic E-state index is 9.71. The lowest BCUT2D eigenvalue weighted by Gasteiger charge is -2.08. The Morgan fingerprint density at radius 2 is 2.29 bits per heavy atom. The van der Waals surface area contributed by atoms with Gasteiger partial charge in [-0.3, -0.25) is 0 Å². The van der Waals surface area contributed by atoms with Gasteiger partial charge in [0.2, 0.25) is 0 Å². The van der Waals surface area contributed by atoms with Gasteiger partial charge in [-0.1, -0.05) is 12.1 Å². The lowest BCUT2D eigenvalue weighted by Crippen LogP contribution is -1.96. The molecule has 0 fully saturated rings. The van der Waals surface area contributed by atoms with Crippen molar-refractivity contribution in [3.05, 3.63) is 29.8 Å². The highest BCUT2D eigenvalue weighted by Gasteiger charge is 2.05. The molecule has 1 rings (SSSR count). The summed E-state index contributed by atoms with van der Waals surface area (Å²) in [4.78, 5) is 0. The number of benzene rings is 1. The van der Waals surface area contributed by atoms with Gasteiger partial charge in [-0.15, -0.1) is 11.8 Å². The second kappa shape index (κ2) is 5.31. The van der Waals surface area contributed by atoms with E-state index in [4.69, 9.17) is 4.74 Å². The summed E-state index contributed by atoms with van der Waals surface area (Å²) >= 11 is 0. The van der Waals surface area contributed by atoms with Crippen LogP contribution in [0.25, 0.3) is 0 Å². The molecule has 0 spiro atoms. The zero-order chi connectivity index (χ0) is 10.4. The molecule has 1 aromatic carbocycles. The van der Waals surface area contributed by atoms with Crippen molar-refractivity contribution in [2.75, 3.05) is 7.11 Å². The number of rotatable bonds is 3. The molecule has 0 saturated carbocycles. The van der Waals surface area contributed by atoms with Gasteiger partial charge in [0, 0.05) is 6.42 Å². The molecular formula is C12H14O2. The fourth-order valence-electron chi connectivity index (χ4n) is 1.17. The van der Waals surface area contributed by atoms with Crippen molar-refractivity contribution in [2.45, 2.75) is 19.4 Å². The predicted molar refractivity (Wildman–Crippen MR) is 56.0 cm³/mol. The van der Waals surface area contributed by atoms with Crippen molar-refractivity contribution in [3.8, 4) is 17.6 Å². The van der Waals surface area contributed by atoms with Gasteiger partial charge in [-0.05, 0) is 24.6 Å². The highest BCUT2D eigenvalue weighted by Crippen LogP contribution is 2.20. The monoisotopic (exact) mass is 190 g/mol. The topological polar surface area (TPSA) is 29.5 Å². The molecule has 0 amide bonds. The Morgan fingerprint density at radius 1 is 1.50 bits per heavy atom. The van der Waals surface area contributed by atoms with Crippen molar-refractivity contribution in [1.29, 1.82) is 0 Å². The van der Waals surface area contributed by atoms with Crippen molar-refractivity contribution >= 4 is 0 Å². The van der Waals surface area contributed by atoms with E-state index in [1.54, 1.807) is 14.0 Å². The number of aliphatic hydroxyl groups excluding tert-OH is 1. The zero-order valence-corrected chi connectivity index (χ0v) is 8.45. The first-order valence-corrected chi connectivity index (χ1v) is 4.49. The van der Waals surface area contributed by atoms with Gasteiger partial charge in [-0.25, -0.2) is 0 Å². The third-order valence-corrected chi connectivity index (χ3v) is 1.95. The number of methoxy groups -OCH3 is 1. The second-order valence-corrected chi connectivity index (χ2v) is 2.92. The van der Waals surface area contributed by atoms with Gasteiger partial charge < -0.3 is 9.84 Å². The molecule has 0 aliphatic carbocycles. The molecule has 0 radical (unpaired) electrons. The van der Waals surface area contributed by atoms with Crippen LogP contribution in [0.3, 0.4) is 0 Å². The van der Waals surface area contributed by atoms with Crippen LogP contribution in [-0.2, 0) is 0 Å². The summed E-state index contributed by atoms with van der Waals surface area (Å²) < 4.78 is 5.06. The minimum absolute atomic E-state index is 0.462. The first kappa shape index (κ1) is 10.6. The molecule has 1 unspecified atom stereocenters. The quantitative estimate of drug-likeness (QED) is 0.740. The van der Waals surface area contributed by atoms with Crippen LogP contribution in [0.2, 0.25) is 0 Å². The van der Waals surface area contributed by atoms with Crippen LogP contribution in [0, 0.1) is 11.8 Å². The smallest absolute Gasteiger partial charge is 0.119 e. The van der Waals surface area contributed by atoms with Crippen LogP contribution in [-0.4, -0.2) is 12.2 Å². The number of hydrogen-bond donors (Lipinski definition) is 1. The molecule has 0 aliphatic rings. The molecule has 14 heavy (non-hydrogen) atoms. The first-order chi connectivity index (χ1) is 6.77. The molecule has 0 aliphatic heterocycles. The van der Waals surface area contributed by atoms with Crippen LogP contribution in [0.5, 0.6) is 5.75 Å². The molecule has 0 heterocycles. The van der Waals surface area contributed by atoms with Crippen LogP contribution in [0.15, 0.2) is 24.3 Å². The molecule has 2 nitrogen and oxygen atoms in total. The molecule has 0 bridgehead atoms. The summed E-state index contributed by atoms with van der Waals surface area (Å²) in [5.41, 5.74) is 0.840. The van der Waals surface area contributed by atoms with Crippen molar-refractivity contribution < 1.29 is 9.84 Å². The van der Waals surface area contributed by atoms with Crippen molar-refractivity contribution in [3.63, 3.8) is 0 Å². The van der Waals surface area contributed by atoms with Crippen LogP contribution >= 0.6 is 0 Å². The third-order valence-electron chi connectivity index (χ3n) is 1.95. The first-order valence-electron chi connectivity index (χ1n) is 4.49. The Hall–Kier alpha value is -1.46. The number of aliphatic hydroxyl groups is 1. The van der Waals surface area contributed by atoms with Gasteiger partial charge in [0.1, 0.15) is 5.75 Å². The second-order valence-electron chi connectivity index (χ2n) is 2.92. The van der Waals surface area contributed by atoms with E-state index < -0.39 is 6.10 Å². The summed E-state index contributed by atoms with van der Waals surface area (Å²) in [6.07, 6.45) is -0.0681. The summed E-state index contributed by atoms with van der Waals surface area (Å²) in [5, 5.41) is 9.71. The highest BCUT2D eigenvalue weighted by atomic mass is 16.5. The van der Waals surface area contributed by atoms with Gasteiger partial charge in [-0.2, -0.15) is 0 Å². The van der Waals surface area contributed by atoms with E-state index in [0.717, 1.165) is 11.3 Å². The van der Waals surface area contributed by atoms with Gasteiger partial charge in [0.15, 0.2) is 0 Å². The van der Waals surface area contributed by atoms with Crippen molar-refractivity contribution in [1.82, 2.24) is 0 Å². The Bertz CT molecular complexity index is 347. The maximum atomic E-state index is 9.71. The molecule has 1 aromatic rings. The van der Waals surface area contributed by atoms with E-state index in [-0.39, 0.29) is 0 Å². The zero-order valence-electron chi connectivity index (χ0n) is 8.45. The van der Waals surface area contributed by atoms with Crippen LogP contribution in [0.1, 0.15) is 25.0 Å². The molecule has 1 atom stereocenters. The lowest BCUT2D eigenvalue weighted by molar-refractivity contribution is 0.183. The fraction of sp³-hybridized carbons (Fsp3) is 0.333. The predicted octanol–water partition coefficient (Wildman–Crippen LogP) is 2.14. The van der Waals surface area contributed by atoms with Gasteiger partial charge in [0.05, 0.1) is 13.2 Å². The van der Waals surface area contributed by atoms with Gasteiger partial charge in [0.25, 0.3) is 0 Å². The minimum Gasteiger partial charge on any atom is -0.497 e. The van der Waals surface area contributed by atoms with Crippen molar-refractivity contribution in [2.24, 2.45) is 0 Å². The summed E-state index contributed by atoms with van der Waals surface area (Å²) in [5.74, 6) is 6.35. The number of ether oxygens (including phenoxy) is 1. The third kappa shape index (κ3) is 2.79. The standard InChI is InChI=1S/C12H14O2/c1-3-4-8-12(13)10-6-5-7-11(9-10)14-2/h5-7,9,12-13H,8H2,1-2H3. The maximum Gasteiger partial charge on any atom is 0.119 e. The van der Waals surface area contributed by atoms with E-state index in [9.17, 15) is 5.11 Å². The van der Waals surface area contributed by atoms with E-state index in [0.29, 0.717) is 6.42 Å². The summed E-state index contributed by atoms with van der Waals surface area (Å²) in [7, 11) is 1.61. The van der Waals surface area contributed by atoms with Crippen LogP contribution in [0.4, 0.5) is 0 Å². The molecular weight excluding hydrogens is 176 g/mol. The average molecular weight is 190 g/mol. The Kier molecular flexibility index (Phi) is 4.03. The van der Waals surface area contributed by atoms with E-state index in [2.05, 4.69) is 11.8 Å². The molecule has 1 N–H and O–H groups in total. The minimum atomic E-state index is -0.530. The van der Waals surface area contributed by atoms with E-state index >= 15 is 0 Å². The molecule has 0 saturated heterocycles. The Labute approximate surface area is 84.5 Å². The SMILES string of the molecule is CC#CCC(O)c1cccc(OC)c1.